The van der Waals surface area contributed by atoms with E-state index < -0.39 is 0 Å². The van der Waals surface area contributed by atoms with E-state index >= 15 is 0 Å². The van der Waals surface area contributed by atoms with Crippen molar-refractivity contribution in [3.05, 3.63) is 39.8 Å². The summed E-state index contributed by atoms with van der Waals surface area (Å²) in [5, 5.41) is 7.99. The number of para-hydroxylation sites is 2. The SMILES string of the molecule is CN=C(NCCCc1nc2c(s1)CCCC2)NCC1COc2ccccc2O1. The first-order chi connectivity index (χ1) is 13.8. The molecule has 0 fully saturated rings. The first-order valence-corrected chi connectivity index (χ1v) is 10.9. The Morgan fingerprint density at radius 3 is 2.93 bits per heavy atom. The van der Waals surface area contributed by atoms with Gasteiger partial charge in [0.15, 0.2) is 17.5 Å². The van der Waals surface area contributed by atoms with Crippen molar-refractivity contribution >= 4 is 17.3 Å². The van der Waals surface area contributed by atoms with E-state index in [2.05, 4.69) is 15.6 Å². The van der Waals surface area contributed by atoms with E-state index in [0.717, 1.165) is 43.3 Å². The van der Waals surface area contributed by atoms with Crippen LogP contribution in [0.5, 0.6) is 11.5 Å². The maximum absolute atomic E-state index is 5.97. The Kier molecular flexibility index (Phi) is 6.31. The van der Waals surface area contributed by atoms with Gasteiger partial charge in [0.25, 0.3) is 0 Å². The second-order valence-corrected chi connectivity index (χ2v) is 8.33. The number of rotatable bonds is 6. The van der Waals surface area contributed by atoms with Gasteiger partial charge in [-0.3, -0.25) is 4.99 Å². The van der Waals surface area contributed by atoms with Gasteiger partial charge in [-0.15, -0.1) is 11.3 Å². The van der Waals surface area contributed by atoms with Crippen LogP contribution in [0.15, 0.2) is 29.3 Å². The number of fused-ring (bicyclic) bond motifs is 2. The number of aliphatic imine (C=N–C) groups is 1. The Bertz CT molecular complexity index is 797. The van der Waals surface area contributed by atoms with Gasteiger partial charge in [0.2, 0.25) is 0 Å². The Balaban J connectivity index is 1.17. The first-order valence-electron chi connectivity index (χ1n) is 10.1. The summed E-state index contributed by atoms with van der Waals surface area (Å²) >= 11 is 1.91. The van der Waals surface area contributed by atoms with Crippen molar-refractivity contribution < 1.29 is 9.47 Å². The molecule has 2 N–H and O–H groups in total. The average Bonchev–Trinajstić information content (AvgIpc) is 3.16. The number of aryl methyl sites for hydroxylation is 3. The van der Waals surface area contributed by atoms with Gasteiger partial charge in [-0.1, -0.05) is 12.1 Å². The zero-order valence-electron chi connectivity index (χ0n) is 16.4. The quantitative estimate of drug-likeness (QED) is 0.443. The number of ether oxygens (including phenoxy) is 2. The summed E-state index contributed by atoms with van der Waals surface area (Å²) in [5.41, 5.74) is 1.35. The lowest BCUT2D eigenvalue weighted by atomic mass is 10.0. The van der Waals surface area contributed by atoms with E-state index in [-0.39, 0.29) is 6.10 Å². The number of nitrogens with zero attached hydrogens (tertiary/aromatic N) is 2. The summed E-state index contributed by atoms with van der Waals surface area (Å²) in [6.07, 6.45) is 7.04. The number of nitrogens with one attached hydrogen (secondary N) is 2. The van der Waals surface area contributed by atoms with E-state index in [4.69, 9.17) is 14.5 Å². The Hall–Kier alpha value is -2.28. The molecule has 28 heavy (non-hydrogen) atoms. The van der Waals surface area contributed by atoms with Gasteiger partial charge in [0.1, 0.15) is 12.7 Å². The zero-order chi connectivity index (χ0) is 19.2. The number of guanidine groups is 1. The highest BCUT2D eigenvalue weighted by molar-refractivity contribution is 7.11. The van der Waals surface area contributed by atoms with Crippen LogP contribution >= 0.6 is 11.3 Å². The van der Waals surface area contributed by atoms with Gasteiger partial charge >= 0.3 is 0 Å². The van der Waals surface area contributed by atoms with Gasteiger partial charge in [0.05, 0.1) is 17.2 Å². The predicted molar refractivity (Wildman–Crippen MR) is 113 cm³/mol. The van der Waals surface area contributed by atoms with Gasteiger partial charge in [0, 0.05) is 24.9 Å². The van der Waals surface area contributed by atoms with E-state index in [1.54, 1.807) is 7.05 Å². The molecule has 1 atom stereocenters. The normalized spacial score (nSPS) is 18.5. The maximum atomic E-state index is 5.97. The molecule has 6 nitrogen and oxygen atoms in total. The Morgan fingerprint density at radius 2 is 2.07 bits per heavy atom. The van der Waals surface area contributed by atoms with Crippen LogP contribution in [0.1, 0.15) is 34.8 Å². The molecule has 1 aliphatic heterocycles. The minimum absolute atomic E-state index is 0.0323. The van der Waals surface area contributed by atoms with Gasteiger partial charge in [-0.25, -0.2) is 4.98 Å². The molecule has 1 aliphatic carbocycles. The standard InChI is InChI=1S/C21H28N4O2S/c1-22-21(24-13-15-14-26-17-8-3-4-9-18(17)27-15)23-12-6-11-20-25-16-7-2-5-10-19(16)28-20/h3-4,8-9,15H,2,5-7,10-14H2,1H3,(H2,22,23,24). The molecular formula is C21H28N4O2S. The molecule has 2 aromatic rings. The summed E-state index contributed by atoms with van der Waals surface area (Å²) < 4.78 is 11.7. The van der Waals surface area contributed by atoms with Crippen molar-refractivity contribution in [1.82, 2.24) is 15.6 Å². The molecule has 1 unspecified atom stereocenters. The lowest BCUT2D eigenvalue weighted by molar-refractivity contribution is 0.0936. The molecule has 1 aromatic heterocycles. The number of hydrogen-bond acceptors (Lipinski definition) is 5. The maximum Gasteiger partial charge on any atom is 0.191 e. The summed E-state index contributed by atoms with van der Waals surface area (Å²) in [7, 11) is 1.79. The Morgan fingerprint density at radius 1 is 1.21 bits per heavy atom. The van der Waals surface area contributed by atoms with Crippen molar-refractivity contribution in [2.45, 2.75) is 44.6 Å². The van der Waals surface area contributed by atoms with Crippen LogP contribution < -0.4 is 20.1 Å². The lowest BCUT2D eigenvalue weighted by Crippen LogP contribution is -2.45. The summed E-state index contributed by atoms with van der Waals surface area (Å²) in [5.74, 6) is 2.40. The van der Waals surface area contributed by atoms with E-state index in [1.807, 2.05) is 35.6 Å². The van der Waals surface area contributed by atoms with Gasteiger partial charge in [-0.2, -0.15) is 0 Å². The van der Waals surface area contributed by atoms with Crippen LogP contribution in [0.4, 0.5) is 0 Å². The van der Waals surface area contributed by atoms with Gasteiger partial charge in [-0.05, 0) is 44.2 Å². The van der Waals surface area contributed by atoms with Crippen molar-refractivity contribution in [2.24, 2.45) is 4.99 Å². The van der Waals surface area contributed by atoms with E-state index in [1.165, 1.54) is 34.8 Å². The molecule has 0 radical (unpaired) electrons. The molecule has 0 amide bonds. The van der Waals surface area contributed by atoms with Crippen molar-refractivity contribution in [1.29, 1.82) is 0 Å². The smallest absolute Gasteiger partial charge is 0.191 e. The molecule has 7 heteroatoms. The summed E-state index contributed by atoms with van der Waals surface area (Å²) in [6.45, 7) is 2.05. The average molecular weight is 401 g/mol. The second-order valence-electron chi connectivity index (χ2n) is 7.17. The predicted octanol–water partition coefficient (Wildman–Crippen LogP) is 2.96. The fraction of sp³-hybridized carbons (Fsp3) is 0.524. The van der Waals surface area contributed by atoms with E-state index in [9.17, 15) is 0 Å². The van der Waals surface area contributed by atoms with Crippen LogP contribution in [-0.2, 0) is 19.3 Å². The van der Waals surface area contributed by atoms with Crippen molar-refractivity contribution in [2.75, 3.05) is 26.7 Å². The molecule has 0 saturated heterocycles. The molecule has 150 valence electrons. The van der Waals surface area contributed by atoms with Gasteiger partial charge < -0.3 is 20.1 Å². The molecule has 2 aliphatic rings. The molecule has 4 rings (SSSR count). The zero-order valence-corrected chi connectivity index (χ0v) is 17.2. The first kappa shape index (κ1) is 19.1. The van der Waals surface area contributed by atoms with Crippen LogP contribution in [-0.4, -0.2) is 43.8 Å². The van der Waals surface area contributed by atoms with E-state index in [0.29, 0.717) is 13.2 Å². The fourth-order valence-electron chi connectivity index (χ4n) is 3.55. The molecule has 0 saturated carbocycles. The minimum atomic E-state index is -0.0323. The third-order valence-corrected chi connectivity index (χ3v) is 6.26. The largest absolute Gasteiger partial charge is 0.486 e. The minimum Gasteiger partial charge on any atom is -0.486 e. The van der Waals surface area contributed by atoms with Crippen LogP contribution in [0.2, 0.25) is 0 Å². The number of benzene rings is 1. The third-order valence-electron chi connectivity index (χ3n) is 5.04. The number of thiazole rings is 1. The lowest BCUT2D eigenvalue weighted by Gasteiger charge is -2.27. The van der Waals surface area contributed by atoms with Crippen LogP contribution in [0.3, 0.4) is 0 Å². The highest BCUT2D eigenvalue weighted by Crippen LogP contribution is 2.30. The highest BCUT2D eigenvalue weighted by Gasteiger charge is 2.20. The molecule has 0 bridgehead atoms. The number of hydrogen-bond donors (Lipinski definition) is 2. The molecular weight excluding hydrogens is 372 g/mol. The van der Waals surface area contributed by atoms with Crippen molar-refractivity contribution in [3.8, 4) is 11.5 Å². The number of aromatic nitrogens is 1. The van der Waals surface area contributed by atoms with Crippen molar-refractivity contribution in [3.63, 3.8) is 0 Å². The second kappa shape index (κ2) is 9.28. The monoisotopic (exact) mass is 400 g/mol. The Labute approximate surface area is 170 Å². The highest BCUT2D eigenvalue weighted by atomic mass is 32.1. The fourth-order valence-corrected chi connectivity index (χ4v) is 4.75. The van der Waals surface area contributed by atoms with Crippen LogP contribution in [0, 0.1) is 0 Å². The summed E-state index contributed by atoms with van der Waals surface area (Å²) in [6, 6.07) is 7.77. The van der Waals surface area contributed by atoms with Crippen LogP contribution in [0.25, 0.3) is 0 Å². The molecule has 1 aromatic carbocycles. The molecule has 0 spiro atoms. The topological polar surface area (TPSA) is 67.8 Å². The third kappa shape index (κ3) is 4.76. The molecule has 2 heterocycles. The summed E-state index contributed by atoms with van der Waals surface area (Å²) in [4.78, 5) is 10.6.